The zero-order valence-corrected chi connectivity index (χ0v) is 13.9. The Labute approximate surface area is 141 Å². The van der Waals surface area contributed by atoms with Crippen molar-refractivity contribution in [3.05, 3.63) is 66.6 Å². The first-order chi connectivity index (χ1) is 11.7. The molecule has 0 spiro atoms. The van der Waals surface area contributed by atoms with Crippen LogP contribution in [0.5, 0.6) is 0 Å². The normalized spacial score (nSPS) is 11.0. The Kier molecular flexibility index (Phi) is 4.77. The number of nitrogens with one attached hydrogen (secondary N) is 1. The van der Waals surface area contributed by atoms with Crippen LogP contribution in [0, 0.1) is 0 Å². The fourth-order valence-electron chi connectivity index (χ4n) is 2.47. The molecule has 124 valence electrons. The van der Waals surface area contributed by atoms with Gasteiger partial charge in [-0.1, -0.05) is 18.2 Å². The predicted molar refractivity (Wildman–Crippen MR) is 93.8 cm³/mol. The van der Waals surface area contributed by atoms with Crippen LogP contribution in [0.2, 0.25) is 0 Å². The second-order valence-corrected chi connectivity index (χ2v) is 5.78. The lowest BCUT2D eigenvalue weighted by Crippen LogP contribution is -2.31. The highest BCUT2D eigenvalue weighted by atomic mass is 16.1. The fraction of sp³-hybridized carbons (Fsp3) is 0.222. The van der Waals surface area contributed by atoms with Crippen LogP contribution in [0.25, 0.3) is 11.5 Å². The molecule has 0 bridgehead atoms. The lowest BCUT2D eigenvalue weighted by Gasteiger charge is -2.12. The highest BCUT2D eigenvalue weighted by Gasteiger charge is 2.19. The minimum Gasteiger partial charge on any atom is -0.351 e. The zero-order valence-electron chi connectivity index (χ0n) is 13.9. The van der Waals surface area contributed by atoms with E-state index >= 15 is 0 Å². The molecule has 0 aliphatic carbocycles. The van der Waals surface area contributed by atoms with Crippen molar-refractivity contribution >= 4 is 5.91 Å². The van der Waals surface area contributed by atoms with E-state index in [1.54, 1.807) is 10.9 Å². The number of hydrogen-bond acceptors (Lipinski definition) is 3. The summed E-state index contributed by atoms with van der Waals surface area (Å²) >= 11 is 0. The van der Waals surface area contributed by atoms with E-state index < -0.39 is 0 Å². The molecule has 3 aromatic rings. The average molecular weight is 323 g/mol. The van der Waals surface area contributed by atoms with E-state index in [0.29, 0.717) is 12.1 Å². The Balaban J connectivity index is 1.95. The largest absolute Gasteiger partial charge is 0.351 e. The maximum absolute atomic E-state index is 12.6. The highest BCUT2D eigenvalue weighted by Crippen LogP contribution is 2.19. The molecule has 0 radical (unpaired) electrons. The van der Waals surface area contributed by atoms with Crippen LogP contribution in [-0.2, 0) is 0 Å². The Morgan fingerprint density at radius 2 is 1.83 bits per heavy atom. The van der Waals surface area contributed by atoms with E-state index in [0.717, 1.165) is 18.1 Å². The van der Waals surface area contributed by atoms with Crippen LogP contribution in [0.1, 0.15) is 10.4 Å². The number of para-hydroxylation sites is 1. The standard InChI is InChI=1S/C18H21N5O/c1-21(2)13-10-19-17(24)16-14-20-23(15-8-4-3-5-9-15)18(16)22-11-6-7-12-22/h3-9,11-12,14H,10,13H2,1-2H3,(H,19,24). The molecule has 0 aliphatic heterocycles. The van der Waals surface area contributed by atoms with E-state index in [9.17, 15) is 4.79 Å². The predicted octanol–water partition coefficient (Wildman–Crippen LogP) is 1.95. The number of carbonyl (C=O) groups is 1. The van der Waals surface area contributed by atoms with Crippen molar-refractivity contribution in [3.63, 3.8) is 0 Å². The number of amides is 1. The van der Waals surface area contributed by atoms with Gasteiger partial charge in [-0.3, -0.25) is 4.79 Å². The lowest BCUT2D eigenvalue weighted by molar-refractivity contribution is 0.0951. The summed E-state index contributed by atoms with van der Waals surface area (Å²) in [5.74, 6) is 0.608. The van der Waals surface area contributed by atoms with Crippen LogP contribution in [0.4, 0.5) is 0 Å². The zero-order chi connectivity index (χ0) is 16.9. The van der Waals surface area contributed by atoms with Crippen LogP contribution >= 0.6 is 0 Å². The van der Waals surface area contributed by atoms with Crippen molar-refractivity contribution in [1.82, 2.24) is 24.6 Å². The van der Waals surface area contributed by atoms with Crippen LogP contribution in [0.15, 0.2) is 61.1 Å². The molecule has 0 saturated heterocycles. The van der Waals surface area contributed by atoms with E-state index in [4.69, 9.17) is 0 Å². The van der Waals surface area contributed by atoms with Crippen molar-refractivity contribution in [3.8, 4) is 11.5 Å². The van der Waals surface area contributed by atoms with Gasteiger partial charge in [-0.15, -0.1) is 0 Å². The summed E-state index contributed by atoms with van der Waals surface area (Å²) < 4.78 is 3.68. The van der Waals surface area contributed by atoms with Gasteiger partial charge in [-0.2, -0.15) is 5.10 Å². The summed E-state index contributed by atoms with van der Waals surface area (Å²) in [6.07, 6.45) is 5.44. The third-order valence-electron chi connectivity index (χ3n) is 3.68. The maximum atomic E-state index is 12.6. The molecule has 0 aliphatic rings. The first-order valence-electron chi connectivity index (χ1n) is 7.86. The van der Waals surface area contributed by atoms with Gasteiger partial charge < -0.3 is 14.8 Å². The van der Waals surface area contributed by atoms with Gasteiger partial charge in [-0.05, 0) is 38.4 Å². The monoisotopic (exact) mass is 323 g/mol. The summed E-state index contributed by atoms with van der Waals surface area (Å²) in [5, 5.41) is 7.38. The van der Waals surface area contributed by atoms with Crippen molar-refractivity contribution < 1.29 is 4.79 Å². The number of carbonyl (C=O) groups excluding carboxylic acids is 1. The number of rotatable bonds is 6. The lowest BCUT2D eigenvalue weighted by atomic mass is 10.2. The molecule has 0 fully saturated rings. The van der Waals surface area contributed by atoms with Gasteiger partial charge in [0.25, 0.3) is 5.91 Å². The Morgan fingerprint density at radius 1 is 1.12 bits per heavy atom. The van der Waals surface area contributed by atoms with Gasteiger partial charge in [0.1, 0.15) is 5.56 Å². The molecular formula is C18H21N5O. The number of hydrogen-bond donors (Lipinski definition) is 1. The van der Waals surface area contributed by atoms with E-state index in [1.807, 2.05) is 78.4 Å². The fourth-order valence-corrected chi connectivity index (χ4v) is 2.47. The molecule has 0 saturated carbocycles. The summed E-state index contributed by atoms with van der Waals surface area (Å²) in [7, 11) is 3.95. The molecule has 2 aromatic heterocycles. The number of benzene rings is 1. The van der Waals surface area contributed by atoms with Gasteiger partial charge in [0.15, 0.2) is 5.82 Å². The third kappa shape index (κ3) is 3.38. The van der Waals surface area contributed by atoms with Gasteiger partial charge >= 0.3 is 0 Å². The second kappa shape index (κ2) is 7.14. The van der Waals surface area contributed by atoms with Crippen LogP contribution in [-0.4, -0.2) is 52.3 Å². The third-order valence-corrected chi connectivity index (χ3v) is 3.68. The van der Waals surface area contributed by atoms with Crippen LogP contribution < -0.4 is 5.32 Å². The first kappa shape index (κ1) is 16.0. The van der Waals surface area contributed by atoms with Crippen molar-refractivity contribution in [2.24, 2.45) is 0 Å². The molecule has 1 aromatic carbocycles. The molecule has 1 amide bonds. The number of likely N-dealkylation sites (N-methyl/N-ethyl adjacent to an activating group) is 1. The molecule has 0 atom stereocenters. The summed E-state index contributed by atoms with van der Waals surface area (Å²) in [4.78, 5) is 14.6. The SMILES string of the molecule is CN(C)CCNC(=O)c1cnn(-c2ccccc2)c1-n1cccc1. The number of nitrogens with zero attached hydrogens (tertiary/aromatic N) is 4. The topological polar surface area (TPSA) is 55.1 Å². The Morgan fingerprint density at radius 3 is 2.50 bits per heavy atom. The van der Waals surface area contributed by atoms with Gasteiger partial charge in [0.05, 0.1) is 11.9 Å². The molecule has 2 heterocycles. The molecular weight excluding hydrogens is 302 g/mol. The molecule has 1 N–H and O–H groups in total. The Hall–Kier alpha value is -2.86. The minimum atomic E-state index is -0.122. The highest BCUT2D eigenvalue weighted by molar-refractivity contribution is 5.97. The average Bonchev–Trinajstić information content (AvgIpc) is 3.24. The van der Waals surface area contributed by atoms with Crippen molar-refractivity contribution in [2.75, 3.05) is 27.2 Å². The smallest absolute Gasteiger partial charge is 0.256 e. The second-order valence-electron chi connectivity index (χ2n) is 5.78. The molecule has 6 heteroatoms. The summed E-state index contributed by atoms with van der Waals surface area (Å²) in [6, 6.07) is 13.6. The van der Waals surface area contributed by atoms with Crippen molar-refractivity contribution in [1.29, 1.82) is 0 Å². The van der Waals surface area contributed by atoms with E-state index in [1.165, 1.54) is 0 Å². The van der Waals surface area contributed by atoms with Gasteiger partial charge in [0.2, 0.25) is 0 Å². The number of aromatic nitrogens is 3. The summed E-state index contributed by atoms with van der Waals surface area (Å²) in [6.45, 7) is 1.38. The molecule has 24 heavy (non-hydrogen) atoms. The van der Waals surface area contributed by atoms with Crippen LogP contribution in [0.3, 0.4) is 0 Å². The van der Waals surface area contributed by atoms with E-state index in [2.05, 4.69) is 10.4 Å². The molecule has 3 rings (SSSR count). The maximum Gasteiger partial charge on any atom is 0.256 e. The summed E-state index contributed by atoms with van der Waals surface area (Å²) in [5.41, 5.74) is 1.46. The van der Waals surface area contributed by atoms with E-state index in [-0.39, 0.29) is 5.91 Å². The van der Waals surface area contributed by atoms with Crippen molar-refractivity contribution in [2.45, 2.75) is 0 Å². The van der Waals surface area contributed by atoms with Gasteiger partial charge in [0, 0.05) is 25.5 Å². The molecule has 0 unspecified atom stereocenters. The van der Waals surface area contributed by atoms with Gasteiger partial charge in [-0.25, -0.2) is 4.68 Å². The quantitative estimate of drug-likeness (QED) is 0.754. The Bertz CT molecular complexity index is 790. The minimum absolute atomic E-state index is 0.122. The first-order valence-corrected chi connectivity index (χ1v) is 7.86. The molecule has 6 nitrogen and oxygen atoms in total.